The Morgan fingerprint density at radius 2 is 1.93 bits per heavy atom. The van der Waals surface area contributed by atoms with Crippen molar-refractivity contribution < 1.29 is 23.9 Å². The molecular formula is C20H20N2O5. The third-order valence-electron chi connectivity index (χ3n) is 5.38. The summed E-state index contributed by atoms with van der Waals surface area (Å²) >= 11 is 0. The van der Waals surface area contributed by atoms with Gasteiger partial charge >= 0.3 is 5.97 Å². The number of para-hydroxylation sites is 1. The van der Waals surface area contributed by atoms with Crippen LogP contribution in [0, 0.1) is 5.41 Å². The van der Waals surface area contributed by atoms with E-state index in [0.29, 0.717) is 23.4 Å². The molecule has 7 heteroatoms. The monoisotopic (exact) mass is 368 g/mol. The van der Waals surface area contributed by atoms with Crippen molar-refractivity contribution in [1.29, 1.82) is 0 Å². The SMILES string of the molecule is COC(=O)C1=C(N)Oc2ccccc2C12C(=O)NC1=C2C(=O)CC(C)(C)C1. The summed E-state index contributed by atoms with van der Waals surface area (Å²) in [7, 11) is 1.20. The van der Waals surface area contributed by atoms with Crippen LogP contribution in [0.15, 0.2) is 47.0 Å². The molecule has 1 amide bonds. The van der Waals surface area contributed by atoms with Crippen LogP contribution in [0.25, 0.3) is 0 Å². The molecule has 3 aliphatic rings. The average molecular weight is 368 g/mol. The zero-order chi connectivity index (χ0) is 19.6. The lowest BCUT2D eigenvalue weighted by molar-refractivity contribution is -0.139. The molecule has 0 radical (unpaired) electrons. The highest BCUT2D eigenvalue weighted by atomic mass is 16.5. The van der Waals surface area contributed by atoms with Gasteiger partial charge in [0.1, 0.15) is 16.7 Å². The number of amides is 1. The van der Waals surface area contributed by atoms with Gasteiger partial charge in [-0.3, -0.25) is 9.59 Å². The van der Waals surface area contributed by atoms with Gasteiger partial charge in [-0.2, -0.15) is 0 Å². The summed E-state index contributed by atoms with van der Waals surface area (Å²) in [5.41, 5.74) is 5.16. The molecule has 0 fully saturated rings. The average Bonchev–Trinajstić information content (AvgIpc) is 2.86. The Kier molecular flexibility index (Phi) is 3.50. The van der Waals surface area contributed by atoms with Crippen molar-refractivity contribution in [2.45, 2.75) is 32.1 Å². The fourth-order valence-electron chi connectivity index (χ4n) is 4.41. The lowest BCUT2D eigenvalue weighted by Crippen LogP contribution is -2.48. The molecule has 0 aromatic heterocycles. The van der Waals surface area contributed by atoms with Gasteiger partial charge in [-0.15, -0.1) is 0 Å². The van der Waals surface area contributed by atoms with Gasteiger partial charge in [-0.25, -0.2) is 4.79 Å². The van der Waals surface area contributed by atoms with Gasteiger partial charge in [0, 0.05) is 23.3 Å². The van der Waals surface area contributed by atoms with Crippen LogP contribution in [0.1, 0.15) is 32.3 Å². The third kappa shape index (κ3) is 2.17. The molecule has 0 saturated carbocycles. The standard InChI is InChI=1S/C20H20N2O5/c1-19(2)8-11-14(12(23)9-19)20(18(25)22-11)10-6-4-5-7-13(10)27-16(21)15(20)17(24)26-3/h4-7H,8-9,21H2,1-3H3,(H,22,25). The molecule has 1 aromatic carbocycles. The summed E-state index contributed by atoms with van der Waals surface area (Å²) in [5, 5.41) is 2.84. The van der Waals surface area contributed by atoms with Gasteiger partial charge in [0.15, 0.2) is 5.78 Å². The number of allylic oxidation sites excluding steroid dienone is 1. The summed E-state index contributed by atoms with van der Waals surface area (Å²) in [6.45, 7) is 3.93. The predicted octanol–water partition coefficient (Wildman–Crippen LogP) is 1.43. The zero-order valence-electron chi connectivity index (χ0n) is 15.3. The van der Waals surface area contributed by atoms with Gasteiger partial charge < -0.3 is 20.5 Å². The topological polar surface area (TPSA) is 108 Å². The number of carbonyl (C=O) groups excluding carboxylic acids is 3. The number of ether oxygens (including phenoxy) is 2. The number of ketones is 1. The molecule has 1 aliphatic carbocycles. The van der Waals surface area contributed by atoms with Crippen molar-refractivity contribution >= 4 is 17.7 Å². The van der Waals surface area contributed by atoms with E-state index in [1.165, 1.54) is 7.11 Å². The molecule has 7 nitrogen and oxygen atoms in total. The van der Waals surface area contributed by atoms with Crippen molar-refractivity contribution in [2.24, 2.45) is 11.1 Å². The van der Waals surface area contributed by atoms with E-state index in [1.807, 2.05) is 13.8 Å². The highest BCUT2D eigenvalue weighted by Crippen LogP contribution is 2.55. The van der Waals surface area contributed by atoms with E-state index in [4.69, 9.17) is 15.2 Å². The molecule has 1 atom stereocenters. The molecule has 4 rings (SSSR count). The van der Waals surface area contributed by atoms with E-state index in [-0.39, 0.29) is 34.6 Å². The Morgan fingerprint density at radius 1 is 1.22 bits per heavy atom. The van der Waals surface area contributed by atoms with Crippen molar-refractivity contribution in [3.63, 3.8) is 0 Å². The number of nitrogens with two attached hydrogens (primary N) is 1. The number of nitrogens with one attached hydrogen (secondary N) is 1. The van der Waals surface area contributed by atoms with Crippen molar-refractivity contribution in [3.05, 3.63) is 52.6 Å². The van der Waals surface area contributed by atoms with Crippen LogP contribution >= 0.6 is 0 Å². The molecule has 2 aliphatic heterocycles. The highest BCUT2D eigenvalue weighted by Gasteiger charge is 2.62. The predicted molar refractivity (Wildman–Crippen MR) is 95.2 cm³/mol. The number of hydrogen-bond donors (Lipinski definition) is 2. The highest BCUT2D eigenvalue weighted by molar-refractivity contribution is 6.19. The van der Waals surface area contributed by atoms with Gasteiger partial charge in [0.05, 0.1) is 7.11 Å². The van der Waals surface area contributed by atoms with E-state index >= 15 is 0 Å². The first kappa shape index (κ1) is 17.3. The lowest BCUT2D eigenvalue weighted by atomic mass is 9.63. The van der Waals surface area contributed by atoms with Gasteiger partial charge in [0.2, 0.25) is 11.8 Å². The largest absolute Gasteiger partial charge is 0.465 e. The van der Waals surface area contributed by atoms with Gasteiger partial charge in [0.25, 0.3) is 0 Å². The lowest BCUT2D eigenvalue weighted by Gasteiger charge is -2.38. The van der Waals surface area contributed by atoms with Crippen molar-refractivity contribution in [3.8, 4) is 5.75 Å². The van der Waals surface area contributed by atoms with Crippen LogP contribution < -0.4 is 15.8 Å². The fourth-order valence-corrected chi connectivity index (χ4v) is 4.41. The molecule has 0 bridgehead atoms. The Labute approximate surface area is 156 Å². The summed E-state index contributed by atoms with van der Waals surface area (Å²) < 4.78 is 10.5. The first-order valence-electron chi connectivity index (χ1n) is 8.66. The van der Waals surface area contributed by atoms with Gasteiger partial charge in [-0.1, -0.05) is 32.0 Å². The normalized spacial score (nSPS) is 25.7. The number of Topliss-reactive ketones (excluding diaryl/α,β-unsaturated/α-hetero) is 1. The van der Waals surface area contributed by atoms with Crippen LogP contribution in [0.5, 0.6) is 5.75 Å². The number of methoxy groups -OCH3 is 1. The van der Waals surface area contributed by atoms with E-state index in [2.05, 4.69) is 5.32 Å². The summed E-state index contributed by atoms with van der Waals surface area (Å²) in [5.74, 6) is -1.38. The maximum absolute atomic E-state index is 13.4. The molecule has 1 spiro atoms. The van der Waals surface area contributed by atoms with E-state index in [0.717, 1.165) is 0 Å². The molecule has 27 heavy (non-hydrogen) atoms. The zero-order valence-corrected chi connectivity index (χ0v) is 15.3. The van der Waals surface area contributed by atoms with Crippen LogP contribution in [0.4, 0.5) is 0 Å². The minimum atomic E-state index is -1.66. The molecule has 1 aromatic rings. The van der Waals surface area contributed by atoms with Crippen LogP contribution in [-0.4, -0.2) is 24.8 Å². The fraction of sp³-hybridized carbons (Fsp3) is 0.350. The number of hydrogen-bond acceptors (Lipinski definition) is 6. The number of rotatable bonds is 1. The Hall–Kier alpha value is -3.09. The van der Waals surface area contributed by atoms with Crippen LogP contribution in [-0.2, 0) is 24.5 Å². The maximum atomic E-state index is 13.4. The number of benzene rings is 1. The Balaban J connectivity index is 2.09. The maximum Gasteiger partial charge on any atom is 0.340 e. The quantitative estimate of drug-likeness (QED) is 0.726. The van der Waals surface area contributed by atoms with E-state index < -0.39 is 17.3 Å². The molecule has 1 unspecified atom stereocenters. The van der Waals surface area contributed by atoms with Crippen LogP contribution in [0.3, 0.4) is 0 Å². The molecular weight excluding hydrogens is 348 g/mol. The Morgan fingerprint density at radius 3 is 2.63 bits per heavy atom. The smallest absolute Gasteiger partial charge is 0.340 e. The molecule has 3 N–H and O–H groups in total. The number of esters is 1. The molecule has 0 saturated heterocycles. The summed E-state index contributed by atoms with van der Waals surface area (Å²) in [4.78, 5) is 39.2. The second-order valence-corrected chi connectivity index (χ2v) is 7.83. The summed E-state index contributed by atoms with van der Waals surface area (Å²) in [6.07, 6.45) is 0.777. The molecule has 2 heterocycles. The van der Waals surface area contributed by atoms with Crippen molar-refractivity contribution in [1.82, 2.24) is 5.32 Å². The second kappa shape index (κ2) is 5.45. The van der Waals surface area contributed by atoms with Gasteiger partial charge in [-0.05, 0) is 17.9 Å². The number of carbonyl (C=O) groups is 3. The van der Waals surface area contributed by atoms with Crippen molar-refractivity contribution in [2.75, 3.05) is 7.11 Å². The number of fused-ring (bicyclic) bond motifs is 3. The minimum Gasteiger partial charge on any atom is -0.465 e. The Bertz CT molecular complexity index is 972. The van der Waals surface area contributed by atoms with E-state index in [9.17, 15) is 14.4 Å². The van der Waals surface area contributed by atoms with Crippen LogP contribution in [0.2, 0.25) is 0 Å². The molecule has 140 valence electrons. The van der Waals surface area contributed by atoms with E-state index in [1.54, 1.807) is 24.3 Å². The second-order valence-electron chi connectivity index (χ2n) is 7.83. The summed E-state index contributed by atoms with van der Waals surface area (Å²) in [6, 6.07) is 6.79. The minimum absolute atomic E-state index is 0.153. The third-order valence-corrected chi connectivity index (χ3v) is 5.38. The first-order valence-corrected chi connectivity index (χ1v) is 8.66. The first-order chi connectivity index (χ1) is 12.7.